The standard InChI is InChI=1S/C5H8O4/c1-3(5(8)9)2-4(6)7/h5,8-9H,1-2H2,(H,6,7). The topological polar surface area (TPSA) is 77.8 Å². The summed E-state index contributed by atoms with van der Waals surface area (Å²) in [7, 11) is 0. The molecule has 0 aromatic rings. The molecule has 0 unspecified atom stereocenters. The Balaban J connectivity index is 3.64. The minimum atomic E-state index is -1.72. The van der Waals surface area contributed by atoms with E-state index in [4.69, 9.17) is 15.3 Å². The summed E-state index contributed by atoms with van der Waals surface area (Å²) in [5, 5.41) is 24.6. The molecule has 0 spiro atoms. The summed E-state index contributed by atoms with van der Waals surface area (Å²) in [4.78, 5) is 9.83. The fraction of sp³-hybridized carbons (Fsp3) is 0.400. The number of carbonyl (C=O) groups is 1. The Kier molecular flexibility index (Phi) is 2.90. The molecule has 0 heterocycles. The van der Waals surface area contributed by atoms with Gasteiger partial charge in [-0.15, -0.1) is 0 Å². The number of carboxylic acids is 1. The Morgan fingerprint density at radius 1 is 1.56 bits per heavy atom. The fourth-order valence-electron chi connectivity index (χ4n) is 0.286. The molecule has 0 fully saturated rings. The van der Waals surface area contributed by atoms with E-state index in [2.05, 4.69) is 6.58 Å². The van der Waals surface area contributed by atoms with Crippen LogP contribution in [0.25, 0.3) is 0 Å². The maximum atomic E-state index is 9.83. The maximum Gasteiger partial charge on any atom is 0.307 e. The van der Waals surface area contributed by atoms with E-state index in [0.29, 0.717) is 0 Å². The third-order valence-electron chi connectivity index (χ3n) is 0.743. The van der Waals surface area contributed by atoms with Crippen LogP contribution in [0.2, 0.25) is 0 Å². The van der Waals surface area contributed by atoms with Crippen LogP contribution >= 0.6 is 0 Å². The zero-order valence-electron chi connectivity index (χ0n) is 4.74. The van der Waals surface area contributed by atoms with E-state index in [1.54, 1.807) is 0 Å². The SMILES string of the molecule is C=C(CC(=O)O)C(O)O. The molecule has 0 aromatic heterocycles. The molecule has 4 heteroatoms. The molecule has 0 aliphatic rings. The lowest BCUT2D eigenvalue weighted by Gasteiger charge is -2.02. The van der Waals surface area contributed by atoms with Crippen LogP contribution < -0.4 is 0 Å². The highest BCUT2D eigenvalue weighted by Crippen LogP contribution is 2.00. The van der Waals surface area contributed by atoms with E-state index in [1.807, 2.05) is 0 Å². The fourth-order valence-corrected chi connectivity index (χ4v) is 0.286. The summed E-state index contributed by atoms with van der Waals surface area (Å²) in [5.41, 5.74) is -0.109. The third kappa shape index (κ3) is 3.69. The predicted molar refractivity (Wildman–Crippen MR) is 29.6 cm³/mol. The van der Waals surface area contributed by atoms with Gasteiger partial charge >= 0.3 is 5.97 Å². The van der Waals surface area contributed by atoms with Gasteiger partial charge in [-0.2, -0.15) is 0 Å². The number of rotatable bonds is 3. The molecular weight excluding hydrogens is 124 g/mol. The van der Waals surface area contributed by atoms with E-state index < -0.39 is 18.7 Å². The van der Waals surface area contributed by atoms with Gasteiger partial charge < -0.3 is 15.3 Å². The quantitative estimate of drug-likeness (QED) is 0.351. The molecule has 4 nitrogen and oxygen atoms in total. The van der Waals surface area contributed by atoms with Gasteiger partial charge in [-0.25, -0.2) is 0 Å². The zero-order chi connectivity index (χ0) is 7.44. The van der Waals surface area contributed by atoms with Crippen molar-refractivity contribution in [2.45, 2.75) is 12.7 Å². The Morgan fingerprint density at radius 3 is 2.11 bits per heavy atom. The van der Waals surface area contributed by atoms with Crippen LogP contribution in [0.3, 0.4) is 0 Å². The second kappa shape index (κ2) is 3.21. The number of carboxylic acid groups (broad SMARTS) is 1. The summed E-state index contributed by atoms with van der Waals surface area (Å²) < 4.78 is 0. The molecule has 0 aliphatic heterocycles. The Labute approximate surface area is 52.1 Å². The van der Waals surface area contributed by atoms with Crippen LogP contribution in [0.15, 0.2) is 12.2 Å². The molecule has 9 heavy (non-hydrogen) atoms. The van der Waals surface area contributed by atoms with Crippen LogP contribution in [0.4, 0.5) is 0 Å². The summed E-state index contributed by atoms with van der Waals surface area (Å²) in [5.74, 6) is -1.12. The van der Waals surface area contributed by atoms with Crippen LogP contribution in [0, 0.1) is 0 Å². The Bertz CT molecular complexity index is 127. The van der Waals surface area contributed by atoms with E-state index in [0.717, 1.165) is 0 Å². The van der Waals surface area contributed by atoms with Crippen molar-refractivity contribution in [3.63, 3.8) is 0 Å². The van der Waals surface area contributed by atoms with Crippen molar-refractivity contribution in [3.8, 4) is 0 Å². The summed E-state index contributed by atoms with van der Waals surface area (Å²) in [6.45, 7) is 3.11. The molecule has 0 radical (unpaired) electrons. The van der Waals surface area contributed by atoms with Crippen molar-refractivity contribution in [2.75, 3.05) is 0 Å². The average Bonchev–Trinajstić information content (AvgIpc) is 1.63. The van der Waals surface area contributed by atoms with Crippen LogP contribution in [0.1, 0.15) is 6.42 Å². The van der Waals surface area contributed by atoms with Gasteiger partial charge in [-0.3, -0.25) is 4.79 Å². The molecule has 0 saturated heterocycles. The minimum absolute atomic E-state index is 0.109. The highest BCUT2D eigenvalue weighted by atomic mass is 16.5. The zero-order valence-corrected chi connectivity index (χ0v) is 4.74. The summed E-state index contributed by atoms with van der Waals surface area (Å²) in [6, 6.07) is 0. The lowest BCUT2D eigenvalue weighted by molar-refractivity contribution is -0.137. The van der Waals surface area contributed by atoms with E-state index in [9.17, 15) is 4.79 Å². The normalized spacial score (nSPS) is 9.67. The van der Waals surface area contributed by atoms with Crippen LogP contribution in [0.5, 0.6) is 0 Å². The van der Waals surface area contributed by atoms with Crippen molar-refractivity contribution in [1.82, 2.24) is 0 Å². The summed E-state index contributed by atoms with van der Waals surface area (Å²) in [6.07, 6.45) is -2.13. The van der Waals surface area contributed by atoms with Gasteiger partial charge in [0, 0.05) is 0 Å². The molecule has 0 saturated carbocycles. The first-order valence-electron chi connectivity index (χ1n) is 2.29. The molecule has 0 rings (SSSR count). The number of hydrogen-bond donors (Lipinski definition) is 3. The molecule has 0 atom stereocenters. The van der Waals surface area contributed by atoms with Crippen LogP contribution in [-0.4, -0.2) is 27.6 Å². The van der Waals surface area contributed by atoms with E-state index in [1.165, 1.54) is 0 Å². The van der Waals surface area contributed by atoms with E-state index in [-0.39, 0.29) is 5.57 Å². The van der Waals surface area contributed by atoms with Gasteiger partial charge in [0.1, 0.15) is 0 Å². The molecule has 0 amide bonds. The molecule has 0 aromatic carbocycles. The largest absolute Gasteiger partial charge is 0.481 e. The average molecular weight is 132 g/mol. The van der Waals surface area contributed by atoms with Gasteiger partial charge in [-0.1, -0.05) is 6.58 Å². The van der Waals surface area contributed by atoms with E-state index >= 15 is 0 Å². The first-order valence-corrected chi connectivity index (χ1v) is 2.29. The van der Waals surface area contributed by atoms with Crippen molar-refractivity contribution < 1.29 is 20.1 Å². The lowest BCUT2D eigenvalue weighted by Crippen LogP contribution is -2.10. The monoisotopic (exact) mass is 132 g/mol. The van der Waals surface area contributed by atoms with Gasteiger partial charge in [0.05, 0.1) is 6.42 Å². The summed E-state index contributed by atoms with van der Waals surface area (Å²) >= 11 is 0. The maximum absolute atomic E-state index is 9.83. The molecule has 52 valence electrons. The first kappa shape index (κ1) is 8.13. The Hall–Kier alpha value is -0.870. The highest BCUT2D eigenvalue weighted by Gasteiger charge is 2.06. The second-order valence-electron chi connectivity index (χ2n) is 1.60. The number of aliphatic carboxylic acids is 1. The molecule has 3 N–H and O–H groups in total. The number of aliphatic hydroxyl groups is 2. The van der Waals surface area contributed by atoms with Crippen molar-refractivity contribution in [3.05, 3.63) is 12.2 Å². The lowest BCUT2D eigenvalue weighted by atomic mass is 10.2. The van der Waals surface area contributed by atoms with Crippen LogP contribution in [-0.2, 0) is 4.79 Å². The molecule has 0 aliphatic carbocycles. The predicted octanol–water partition coefficient (Wildman–Crippen LogP) is -0.672. The number of hydrogen-bond acceptors (Lipinski definition) is 3. The highest BCUT2D eigenvalue weighted by molar-refractivity contribution is 5.69. The minimum Gasteiger partial charge on any atom is -0.481 e. The van der Waals surface area contributed by atoms with Crippen molar-refractivity contribution in [1.29, 1.82) is 0 Å². The Morgan fingerprint density at radius 2 is 2.00 bits per heavy atom. The smallest absolute Gasteiger partial charge is 0.307 e. The van der Waals surface area contributed by atoms with Crippen molar-refractivity contribution >= 4 is 5.97 Å². The van der Waals surface area contributed by atoms with Gasteiger partial charge in [0.2, 0.25) is 0 Å². The number of aliphatic hydroxyl groups excluding tert-OH is 1. The van der Waals surface area contributed by atoms with Gasteiger partial charge in [0.25, 0.3) is 0 Å². The first-order chi connectivity index (χ1) is 4.04. The molecular formula is C5H8O4. The van der Waals surface area contributed by atoms with Gasteiger partial charge in [-0.05, 0) is 5.57 Å². The third-order valence-corrected chi connectivity index (χ3v) is 0.743. The second-order valence-corrected chi connectivity index (χ2v) is 1.60. The van der Waals surface area contributed by atoms with Gasteiger partial charge in [0.15, 0.2) is 6.29 Å². The molecule has 0 bridgehead atoms. The van der Waals surface area contributed by atoms with Crippen molar-refractivity contribution in [2.24, 2.45) is 0 Å².